The molecule has 2 aliphatic heterocycles. The van der Waals surface area contributed by atoms with E-state index in [1.165, 1.54) is 0 Å². The number of nitrogens with one attached hydrogen (secondary N) is 3. The average Bonchev–Trinajstić information content (AvgIpc) is 3.44. The lowest BCUT2D eigenvalue weighted by Crippen LogP contribution is -2.40. The fourth-order valence-electron chi connectivity index (χ4n) is 3.04. The summed E-state index contributed by atoms with van der Waals surface area (Å²) in [5.41, 5.74) is 5.27. The molecular formula is C20H36N4O10. The van der Waals surface area contributed by atoms with Crippen molar-refractivity contribution in [2.45, 2.75) is 75.6 Å². The third kappa shape index (κ3) is 15.1. The van der Waals surface area contributed by atoms with Crippen molar-refractivity contribution in [2.24, 2.45) is 5.73 Å². The van der Waals surface area contributed by atoms with E-state index in [0.29, 0.717) is 38.8 Å². The normalized spacial score (nSPS) is 21.8. The van der Waals surface area contributed by atoms with Crippen molar-refractivity contribution in [2.75, 3.05) is 19.6 Å². The van der Waals surface area contributed by atoms with E-state index < -0.39 is 48.0 Å². The molecule has 0 aromatic rings. The van der Waals surface area contributed by atoms with Crippen molar-refractivity contribution in [1.82, 2.24) is 16.0 Å². The maximum absolute atomic E-state index is 11.2. The number of β-amino-alcohol motifs (C(OH)–C–C–N with tert-alkyl or cyclic N) is 1. The molecule has 14 heteroatoms. The van der Waals surface area contributed by atoms with Crippen LogP contribution in [-0.2, 0) is 24.0 Å². The van der Waals surface area contributed by atoms with Gasteiger partial charge in [-0.2, -0.15) is 0 Å². The van der Waals surface area contributed by atoms with Crippen LogP contribution in [0.15, 0.2) is 0 Å². The van der Waals surface area contributed by atoms with Gasteiger partial charge in [-0.3, -0.25) is 19.2 Å². The summed E-state index contributed by atoms with van der Waals surface area (Å²) in [4.78, 5) is 52.6. The number of hydrogen-bond donors (Lipinski definition) is 9. The maximum Gasteiger partial charge on any atom is 0.326 e. The van der Waals surface area contributed by atoms with E-state index in [-0.39, 0.29) is 18.9 Å². The molecule has 1 amide bonds. The SMILES string of the molecule is NCCCC[C@H](NC(=O)CCC(=O)O)C(=O)O.O=C(O)[C@@H]1CCCN1.O=C(O)[C@@H]1C[C@@H](O)CN1. The number of carboxylic acid groups (broad SMARTS) is 4. The number of nitrogens with two attached hydrogens (primary N) is 1. The summed E-state index contributed by atoms with van der Waals surface area (Å²) in [5.74, 6) is -4.37. The molecule has 196 valence electrons. The van der Waals surface area contributed by atoms with Crippen molar-refractivity contribution in [3.8, 4) is 0 Å². The molecule has 0 saturated carbocycles. The van der Waals surface area contributed by atoms with E-state index >= 15 is 0 Å². The number of aliphatic hydroxyl groups excluding tert-OH is 1. The van der Waals surface area contributed by atoms with Gasteiger partial charge in [-0.25, -0.2) is 4.79 Å². The number of carbonyl (C=O) groups excluding carboxylic acids is 1. The zero-order chi connectivity index (χ0) is 26.1. The Hall–Kier alpha value is -2.81. The standard InChI is InChI=1S/C10H18N2O5.C5H9NO3.C5H9NO2/c11-6-2-1-3-7(10(16)17)12-8(13)4-5-9(14)15;7-3-1-4(5(8)9)6-2-3;7-5(8)4-2-1-3-6-4/h7H,1-6,11H2,(H,12,13)(H,14,15)(H,16,17);3-4,6-7H,1-2H2,(H,8,9);4,6H,1-3H2,(H,7,8)/t7-;3-,4+;4-/m010/s1. The molecular weight excluding hydrogens is 456 g/mol. The van der Waals surface area contributed by atoms with Crippen LogP contribution in [0, 0.1) is 0 Å². The molecule has 2 aliphatic rings. The van der Waals surface area contributed by atoms with Crippen LogP contribution in [-0.4, -0.2) is 99.2 Å². The maximum atomic E-state index is 11.2. The fraction of sp³-hybridized carbons (Fsp3) is 0.750. The van der Waals surface area contributed by atoms with Gasteiger partial charge in [-0.05, 0) is 45.2 Å². The topological polar surface area (TPSA) is 249 Å². The second-order valence-electron chi connectivity index (χ2n) is 7.81. The molecule has 0 spiro atoms. The van der Waals surface area contributed by atoms with Gasteiger partial charge in [0, 0.05) is 19.4 Å². The Labute approximate surface area is 196 Å². The first-order valence-corrected chi connectivity index (χ1v) is 11.0. The molecule has 34 heavy (non-hydrogen) atoms. The number of hydrogen-bond acceptors (Lipinski definition) is 9. The number of rotatable bonds is 11. The van der Waals surface area contributed by atoms with Gasteiger partial charge in [-0.1, -0.05) is 0 Å². The molecule has 0 aliphatic carbocycles. The minimum absolute atomic E-state index is 0.212. The van der Waals surface area contributed by atoms with Crippen LogP contribution in [0.25, 0.3) is 0 Å². The molecule has 10 N–H and O–H groups in total. The molecule has 4 atom stereocenters. The number of amides is 1. The Morgan fingerprint density at radius 2 is 1.59 bits per heavy atom. The number of aliphatic carboxylic acids is 4. The first-order valence-electron chi connectivity index (χ1n) is 11.0. The van der Waals surface area contributed by atoms with Crippen molar-refractivity contribution >= 4 is 29.8 Å². The summed E-state index contributed by atoms with van der Waals surface area (Å²) in [6.07, 6.45) is 2.71. The first kappa shape index (κ1) is 31.2. The van der Waals surface area contributed by atoms with E-state index in [9.17, 15) is 24.0 Å². The molecule has 2 rings (SSSR count). The minimum Gasteiger partial charge on any atom is -0.481 e. The van der Waals surface area contributed by atoms with Gasteiger partial charge in [0.1, 0.15) is 18.1 Å². The Bertz CT molecular complexity index is 670. The molecule has 2 saturated heterocycles. The van der Waals surface area contributed by atoms with Crippen molar-refractivity contribution in [3.05, 3.63) is 0 Å². The lowest BCUT2D eigenvalue weighted by molar-refractivity contribution is -0.142. The Morgan fingerprint density at radius 1 is 0.941 bits per heavy atom. The van der Waals surface area contributed by atoms with Gasteiger partial charge in [0.05, 0.1) is 12.5 Å². The molecule has 2 heterocycles. The number of carboxylic acids is 4. The van der Waals surface area contributed by atoms with Crippen LogP contribution < -0.4 is 21.7 Å². The van der Waals surface area contributed by atoms with Gasteiger partial charge >= 0.3 is 23.9 Å². The van der Waals surface area contributed by atoms with Gasteiger partial charge in [-0.15, -0.1) is 0 Å². The van der Waals surface area contributed by atoms with Crippen molar-refractivity contribution in [3.63, 3.8) is 0 Å². The summed E-state index contributed by atoms with van der Waals surface area (Å²) in [6.45, 7) is 1.73. The van der Waals surface area contributed by atoms with E-state index in [2.05, 4.69) is 16.0 Å². The Kier molecular flexibility index (Phi) is 16.2. The van der Waals surface area contributed by atoms with Gasteiger partial charge < -0.3 is 47.2 Å². The largest absolute Gasteiger partial charge is 0.481 e. The highest BCUT2D eigenvalue weighted by Crippen LogP contribution is 2.05. The predicted molar refractivity (Wildman–Crippen MR) is 118 cm³/mol. The van der Waals surface area contributed by atoms with E-state index in [0.717, 1.165) is 19.4 Å². The molecule has 0 bridgehead atoms. The molecule has 0 aromatic heterocycles. The summed E-state index contributed by atoms with van der Waals surface area (Å²) >= 11 is 0. The van der Waals surface area contributed by atoms with Gasteiger partial charge in [0.25, 0.3) is 0 Å². The second-order valence-corrected chi connectivity index (χ2v) is 7.81. The minimum atomic E-state index is -1.12. The van der Waals surface area contributed by atoms with Crippen molar-refractivity contribution < 1.29 is 49.5 Å². The third-order valence-corrected chi connectivity index (χ3v) is 4.91. The predicted octanol–water partition coefficient (Wildman–Crippen LogP) is -1.83. The molecule has 0 unspecified atom stereocenters. The smallest absolute Gasteiger partial charge is 0.326 e. The quantitative estimate of drug-likeness (QED) is 0.144. The summed E-state index contributed by atoms with van der Waals surface area (Å²) in [5, 5.41) is 50.5. The lowest BCUT2D eigenvalue weighted by Gasteiger charge is -2.13. The summed E-state index contributed by atoms with van der Waals surface area (Å²) in [7, 11) is 0. The third-order valence-electron chi connectivity index (χ3n) is 4.91. The Morgan fingerprint density at radius 3 is 1.94 bits per heavy atom. The zero-order valence-electron chi connectivity index (χ0n) is 18.9. The van der Waals surface area contributed by atoms with Gasteiger partial charge in [0.15, 0.2) is 0 Å². The monoisotopic (exact) mass is 492 g/mol. The molecule has 0 aromatic carbocycles. The molecule has 14 nitrogen and oxygen atoms in total. The van der Waals surface area contributed by atoms with Crippen LogP contribution in [0.2, 0.25) is 0 Å². The van der Waals surface area contributed by atoms with Crippen LogP contribution in [0.4, 0.5) is 0 Å². The van der Waals surface area contributed by atoms with E-state index in [1.807, 2.05) is 0 Å². The highest BCUT2D eigenvalue weighted by molar-refractivity contribution is 5.85. The number of unbranched alkanes of at least 4 members (excludes halogenated alkanes) is 1. The summed E-state index contributed by atoms with van der Waals surface area (Å²) < 4.78 is 0. The highest BCUT2D eigenvalue weighted by Gasteiger charge is 2.27. The zero-order valence-corrected chi connectivity index (χ0v) is 18.9. The highest BCUT2D eigenvalue weighted by atomic mass is 16.4. The first-order chi connectivity index (χ1) is 16.0. The van der Waals surface area contributed by atoms with Crippen LogP contribution >= 0.6 is 0 Å². The summed E-state index contributed by atoms with van der Waals surface area (Å²) in [6, 6.07) is -1.78. The van der Waals surface area contributed by atoms with Crippen LogP contribution in [0.1, 0.15) is 51.4 Å². The average molecular weight is 493 g/mol. The van der Waals surface area contributed by atoms with Crippen LogP contribution in [0.5, 0.6) is 0 Å². The van der Waals surface area contributed by atoms with E-state index in [4.69, 9.17) is 31.3 Å². The molecule has 0 radical (unpaired) electrons. The lowest BCUT2D eigenvalue weighted by atomic mass is 10.1. The molecule has 2 fully saturated rings. The van der Waals surface area contributed by atoms with Crippen molar-refractivity contribution in [1.29, 1.82) is 0 Å². The number of aliphatic hydroxyl groups is 1. The van der Waals surface area contributed by atoms with Crippen LogP contribution in [0.3, 0.4) is 0 Å². The van der Waals surface area contributed by atoms with Gasteiger partial charge in [0.2, 0.25) is 5.91 Å². The second kappa shape index (κ2) is 17.6. The van der Waals surface area contributed by atoms with E-state index in [1.54, 1.807) is 0 Å². The fourth-order valence-corrected chi connectivity index (χ4v) is 3.04. The Balaban J connectivity index is 0.000000531. The number of carbonyl (C=O) groups is 5.